The van der Waals surface area contributed by atoms with Crippen molar-refractivity contribution in [3.05, 3.63) is 49.6 Å². The van der Waals surface area contributed by atoms with Crippen molar-refractivity contribution in [2.45, 2.75) is 33.2 Å². The first kappa shape index (κ1) is 13.7. The number of nitrogens with zero attached hydrogens (tertiary/aromatic N) is 4. The number of aryl methyl sites for hydroxylation is 2. The van der Waals surface area contributed by atoms with Gasteiger partial charge in [0.05, 0.1) is 12.2 Å². The maximum Gasteiger partial charge on any atom is 0.437 e. The first-order valence-electron chi connectivity index (χ1n) is 6.62. The van der Waals surface area contributed by atoms with Gasteiger partial charge in [0.15, 0.2) is 4.96 Å². The van der Waals surface area contributed by atoms with Gasteiger partial charge in [0.2, 0.25) is 5.89 Å². The van der Waals surface area contributed by atoms with Gasteiger partial charge in [-0.15, -0.1) is 16.4 Å². The molecule has 7 nitrogen and oxygen atoms in total. The van der Waals surface area contributed by atoms with Crippen LogP contribution in [0.1, 0.15) is 30.6 Å². The van der Waals surface area contributed by atoms with Gasteiger partial charge in [0.1, 0.15) is 0 Å². The number of hydrogen-bond donors (Lipinski definition) is 0. The highest BCUT2D eigenvalue weighted by molar-refractivity contribution is 7.15. The van der Waals surface area contributed by atoms with Crippen LogP contribution in [-0.4, -0.2) is 19.2 Å². The topological polar surface area (TPSA) is 82.4 Å². The van der Waals surface area contributed by atoms with E-state index in [-0.39, 0.29) is 12.1 Å². The molecule has 3 aromatic rings. The predicted octanol–water partition coefficient (Wildman–Crippen LogP) is 1.21. The van der Waals surface area contributed by atoms with E-state index >= 15 is 0 Å². The maximum absolute atomic E-state index is 12.1. The zero-order chi connectivity index (χ0) is 15.0. The summed E-state index contributed by atoms with van der Waals surface area (Å²) in [6.07, 6.45) is 1.46. The molecule has 0 atom stereocenters. The van der Waals surface area contributed by atoms with E-state index < -0.39 is 5.76 Å². The molecule has 110 valence electrons. The second-order valence-corrected chi connectivity index (χ2v) is 5.59. The van der Waals surface area contributed by atoms with Gasteiger partial charge >= 0.3 is 5.76 Å². The first-order valence-corrected chi connectivity index (χ1v) is 7.50. The fourth-order valence-corrected chi connectivity index (χ4v) is 2.99. The molecule has 0 aliphatic rings. The summed E-state index contributed by atoms with van der Waals surface area (Å²) in [5.41, 5.74) is 1.20. The molecule has 0 unspecified atom stereocenters. The highest BCUT2D eigenvalue weighted by Gasteiger charge is 2.11. The summed E-state index contributed by atoms with van der Waals surface area (Å²) in [6, 6.07) is 1.42. The molecule has 0 saturated carbocycles. The van der Waals surface area contributed by atoms with E-state index in [9.17, 15) is 9.59 Å². The summed E-state index contributed by atoms with van der Waals surface area (Å²) < 4.78 is 7.78. The van der Waals surface area contributed by atoms with Crippen molar-refractivity contribution in [1.29, 1.82) is 0 Å². The van der Waals surface area contributed by atoms with Crippen LogP contribution in [0.3, 0.4) is 0 Å². The van der Waals surface area contributed by atoms with E-state index in [0.717, 1.165) is 12.1 Å². The fraction of sp³-hybridized carbons (Fsp3) is 0.385. The Morgan fingerprint density at radius 3 is 2.95 bits per heavy atom. The van der Waals surface area contributed by atoms with Crippen molar-refractivity contribution in [2.75, 3.05) is 0 Å². The molecule has 3 rings (SSSR count). The van der Waals surface area contributed by atoms with Gasteiger partial charge < -0.3 is 4.42 Å². The number of thiazole rings is 1. The second-order valence-electron chi connectivity index (χ2n) is 4.75. The predicted molar refractivity (Wildman–Crippen MR) is 77.9 cm³/mol. The largest absolute Gasteiger partial charge is 0.437 e. The molecule has 0 saturated heterocycles. The van der Waals surface area contributed by atoms with Crippen LogP contribution in [0, 0.1) is 6.92 Å². The van der Waals surface area contributed by atoms with E-state index in [0.29, 0.717) is 23.0 Å². The average molecular weight is 306 g/mol. The first-order chi connectivity index (χ1) is 10.1. The normalized spacial score (nSPS) is 11.3. The highest BCUT2D eigenvalue weighted by atomic mass is 32.1. The lowest BCUT2D eigenvalue weighted by Gasteiger charge is -2.00. The van der Waals surface area contributed by atoms with E-state index in [2.05, 4.69) is 10.1 Å². The van der Waals surface area contributed by atoms with E-state index in [1.807, 2.05) is 19.2 Å². The summed E-state index contributed by atoms with van der Waals surface area (Å²) in [5.74, 6) is -0.116. The molecule has 0 aromatic carbocycles. The van der Waals surface area contributed by atoms with Crippen LogP contribution in [-0.2, 0) is 13.0 Å². The molecular weight excluding hydrogens is 292 g/mol. The smallest absolute Gasteiger partial charge is 0.392 e. The average Bonchev–Trinajstić information content (AvgIpc) is 2.95. The minimum absolute atomic E-state index is 0.134. The Labute approximate surface area is 123 Å². The van der Waals surface area contributed by atoms with Crippen molar-refractivity contribution >= 4 is 16.3 Å². The van der Waals surface area contributed by atoms with Crippen LogP contribution in [0.4, 0.5) is 0 Å². The SMILES string of the molecule is CCCc1nn(Cc2cc(=O)n3c(C)csc3n2)c(=O)o1. The quantitative estimate of drug-likeness (QED) is 0.723. The summed E-state index contributed by atoms with van der Waals surface area (Å²) in [6.45, 7) is 3.97. The minimum atomic E-state index is -0.525. The molecule has 0 radical (unpaired) electrons. The van der Waals surface area contributed by atoms with Gasteiger partial charge in [-0.05, 0) is 13.3 Å². The van der Waals surface area contributed by atoms with Crippen molar-refractivity contribution in [3.63, 3.8) is 0 Å². The van der Waals surface area contributed by atoms with Crippen molar-refractivity contribution in [2.24, 2.45) is 0 Å². The zero-order valence-corrected chi connectivity index (χ0v) is 12.5. The summed E-state index contributed by atoms with van der Waals surface area (Å²) in [5, 5.41) is 5.97. The van der Waals surface area contributed by atoms with Gasteiger partial charge in [0, 0.05) is 23.6 Å². The summed E-state index contributed by atoms with van der Waals surface area (Å²) in [7, 11) is 0. The Kier molecular flexibility index (Phi) is 3.46. The Balaban J connectivity index is 1.98. The third-order valence-electron chi connectivity index (χ3n) is 3.05. The second kappa shape index (κ2) is 5.28. The lowest BCUT2D eigenvalue weighted by Crippen LogP contribution is -2.21. The molecule has 0 amide bonds. The molecule has 0 fully saturated rings. The van der Waals surface area contributed by atoms with Gasteiger partial charge in [-0.25, -0.2) is 9.78 Å². The van der Waals surface area contributed by atoms with Gasteiger partial charge in [0.25, 0.3) is 5.56 Å². The molecule has 0 spiro atoms. The third kappa shape index (κ3) is 2.54. The Bertz CT molecular complexity index is 902. The van der Waals surface area contributed by atoms with Crippen molar-refractivity contribution in [1.82, 2.24) is 19.2 Å². The molecule has 0 aliphatic carbocycles. The Morgan fingerprint density at radius 2 is 2.19 bits per heavy atom. The van der Waals surface area contributed by atoms with E-state index in [1.165, 1.54) is 22.1 Å². The molecule has 8 heteroatoms. The number of rotatable bonds is 4. The van der Waals surface area contributed by atoms with Gasteiger partial charge in [-0.2, -0.15) is 4.68 Å². The van der Waals surface area contributed by atoms with Crippen molar-refractivity contribution < 1.29 is 4.42 Å². The number of fused-ring (bicyclic) bond motifs is 1. The number of aromatic nitrogens is 4. The summed E-state index contributed by atoms with van der Waals surface area (Å²) >= 11 is 1.39. The molecule has 3 heterocycles. The third-order valence-corrected chi connectivity index (χ3v) is 4.00. The van der Waals surface area contributed by atoms with E-state index in [4.69, 9.17) is 4.42 Å². The van der Waals surface area contributed by atoms with E-state index in [1.54, 1.807) is 4.40 Å². The number of hydrogen-bond acceptors (Lipinski definition) is 6. The molecule has 0 bridgehead atoms. The Morgan fingerprint density at radius 1 is 1.38 bits per heavy atom. The fourth-order valence-electron chi connectivity index (χ4n) is 2.10. The van der Waals surface area contributed by atoms with Gasteiger partial charge in [-0.3, -0.25) is 9.20 Å². The van der Waals surface area contributed by atoms with Crippen LogP contribution < -0.4 is 11.3 Å². The maximum atomic E-state index is 12.1. The monoisotopic (exact) mass is 306 g/mol. The Hall–Kier alpha value is -2.22. The van der Waals surface area contributed by atoms with Crippen LogP contribution in [0.5, 0.6) is 0 Å². The van der Waals surface area contributed by atoms with Crippen LogP contribution in [0.25, 0.3) is 4.96 Å². The lowest BCUT2D eigenvalue weighted by atomic mass is 10.3. The van der Waals surface area contributed by atoms with Crippen LogP contribution in [0.2, 0.25) is 0 Å². The van der Waals surface area contributed by atoms with Crippen LogP contribution >= 0.6 is 11.3 Å². The minimum Gasteiger partial charge on any atom is -0.392 e. The molecule has 3 aromatic heterocycles. The molecular formula is C13H14N4O3S. The zero-order valence-electron chi connectivity index (χ0n) is 11.7. The summed E-state index contributed by atoms with van der Waals surface area (Å²) in [4.78, 5) is 28.8. The van der Waals surface area contributed by atoms with Crippen LogP contribution in [0.15, 0.2) is 25.5 Å². The molecule has 0 aliphatic heterocycles. The lowest BCUT2D eigenvalue weighted by molar-refractivity contribution is 0.448. The molecule has 0 N–H and O–H groups in total. The highest BCUT2D eigenvalue weighted by Crippen LogP contribution is 2.11. The standard InChI is InChI=1S/C13H14N4O3S/c1-3-4-10-15-16(13(19)20-10)6-9-5-11(18)17-8(2)7-21-12(17)14-9/h5,7H,3-4,6H2,1-2H3. The van der Waals surface area contributed by atoms with Crippen molar-refractivity contribution in [3.8, 4) is 0 Å². The van der Waals surface area contributed by atoms with Gasteiger partial charge in [-0.1, -0.05) is 6.92 Å². The molecule has 21 heavy (non-hydrogen) atoms.